The zero-order chi connectivity index (χ0) is 14.2. The number of hydrogen-bond donors (Lipinski definition) is 2. The van der Waals surface area contributed by atoms with Crippen LogP contribution < -0.4 is 5.32 Å². The first kappa shape index (κ1) is 13.0. The molecule has 2 N–H and O–H groups in total. The molecule has 1 aromatic carbocycles. The molecule has 0 bridgehead atoms. The summed E-state index contributed by atoms with van der Waals surface area (Å²) in [6.07, 6.45) is 0. The van der Waals surface area contributed by atoms with Crippen molar-refractivity contribution in [1.82, 2.24) is 4.98 Å². The van der Waals surface area contributed by atoms with Crippen LogP contribution in [0, 0.1) is 13.8 Å². The average molecular weight is 258 g/mol. The fourth-order valence-electron chi connectivity index (χ4n) is 1.95. The lowest BCUT2D eigenvalue weighted by Crippen LogP contribution is -2.10. The zero-order valence-corrected chi connectivity index (χ0v) is 10.9. The third kappa shape index (κ3) is 2.40. The van der Waals surface area contributed by atoms with Crippen LogP contribution in [0.5, 0.6) is 0 Å². The number of amides is 1. The Morgan fingerprint density at radius 3 is 2.53 bits per heavy atom. The lowest BCUT2D eigenvalue weighted by atomic mass is 10.0. The highest BCUT2D eigenvalue weighted by atomic mass is 16.4. The summed E-state index contributed by atoms with van der Waals surface area (Å²) in [5, 5.41) is 12.4. The van der Waals surface area contributed by atoms with Gasteiger partial charge in [-0.1, -0.05) is 12.1 Å². The molecule has 0 saturated carbocycles. The maximum Gasteiger partial charge on any atom is 0.336 e. The molecule has 98 valence electrons. The van der Waals surface area contributed by atoms with Crippen LogP contribution in [0.1, 0.15) is 28.4 Å². The minimum Gasteiger partial charge on any atom is -0.478 e. The summed E-state index contributed by atoms with van der Waals surface area (Å²) in [7, 11) is 0. The summed E-state index contributed by atoms with van der Waals surface area (Å²) in [5.74, 6) is -1.07. The number of hydrogen-bond acceptors (Lipinski definition) is 3. The van der Waals surface area contributed by atoms with E-state index in [1.54, 1.807) is 6.07 Å². The predicted octanol–water partition coefficient (Wildman–Crippen LogP) is 2.51. The van der Waals surface area contributed by atoms with Crippen LogP contribution in [-0.4, -0.2) is 22.0 Å². The van der Waals surface area contributed by atoms with Gasteiger partial charge in [-0.25, -0.2) is 9.78 Å². The number of carbonyl (C=O) groups is 2. The van der Waals surface area contributed by atoms with Crippen LogP contribution in [-0.2, 0) is 4.79 Å². The van der Waals surface area contributed by atoms with Crippen molar-refractivity contribution in [1.29, 1.82) is 0 Å². The molecule has 0 spiro atoms. The van der Waals surface area contributed by atoms with Gasteiger partial charge in [0, 0.05) is 12.3 Å². The lowest BCUT2D eigenvalue weighted by molar-refractivity contribution is -0.114. The molecular formula is C14H14N2O3. The van der Waals surface area contributed by atoms with Crippen molar-refractivity contribution in [2.45, 2.75) is 20.8 Å². The molecule has 2 aromatic rings. The molecule has 1 aromatic heterocycles. The van der Waals surface area contributed by atoms with Gasteiger partial charge in [-0.2, -0.15) is 0 Å². The minimum absolute atomic E-state index is 0.136. The van der Waals surface area contributed by atoms with Gasteiger partial charge in [-0.15, -0.1) is 0 Å². The smallest absolute Gasteiger partial charge is 0.336 e. The third-order valence-electron chi connectivity index (χ3n) is 3.04. The second-order valence-corrected chi connectivity index (χ2v) is 4.45. The Morgan fingerprint density at radius 1 is 1.26 bits per heavy atom. The fraction of sp³-hybridized carbons (Fsp3) is 0.214. The molecule has 5 heteroatoms. The number of benzene rings is 1. The monoisotopic (exact) mass is 258 g/mol. The van der Waals surface area contributed by atoms with E-state index in [0.29, 0.717) is 10.9 Å². The molecule has 19 heavy (non-hydrogen) atoms. The van der Waals surface area contributed by atoms with Crippen LogP contribution in [0.25, 0.3) is 10.9 Å². The molecule has 2 rings (SSSR count). The average Bonchev–Trinajstić information content (AvgIpc) is 2.32. The van der Waals surface area contributed by atoms with E-state index in [-0.39, 0.29) is 17.3 Å². The molecule has 0 radical (unpaired) electrons. The van der Waals surface area contributed by atoms with Crippen LogP contribution in [0.2, 0.25) is 0 Å². The van der Waals surface area contributed by atoms with Crippen molar-refractivity contribution in [2.75, 3.05) is 5.32 Å². The van der Waals surface area contributed by atoms with Gasteiger partial charge in [-0.3, -0.25) is 4.79 Å². The molecule has 0 unspecified atom stereocenters. The SMILES string of the molecule is CC(=O)Nc1cc(C(=O)O)c2ccc(C)c(C)c2n1. The van der Waals surface area contributed by atoms with Gasteiger partial charge in [0.05, 0.1) is 11.1 Å². The molecule has 0 aliphatic carbocycles. The van der Waals surface area contributed by atoms with E-state index >= 15 is 0 Å². The predicted molar refractivity (Wildman–Crippen MR) is 72.5 cm³/mol. The first-order valence-corrected chi connectivity index (χ1v) is 5.82. The number of pyridine rings is 1. The molecule has 0 aliphatic rings. The van der Waals surface area contributed by atoms with Crippen LogP contribution >= 0.6 is 0 Å². The third-order valence-corrected chi connectivity index (χ3v) is 3.04. The number of carboxylic acid groups (broad SMARTS) is 1. The Balaban J connectivity index is 2.80. The Morgan fingerprint density at radius 2 is 1.95 bits per heavy atom. The van der Waals surface area contributed by atoms with Crippen LogP contribution in [0.4, 0.5) is 5.82 Å². The number of rotatable bonds is 2. The first-order chi connectivity index (χ1) is 8.90. The summed E-state index contributed by atoms with van der Waals surface area (Å²) >= 11 is 0. The van der Waals surface area contributed by atoms with E-state index < -0.39 is 5.97 Å². The number of nitrogens with one attached hydrogen (secondary N) is 1. The van der Waals surface area contributed by atoms with Crippen molar-refractivity contribution >= 4 is 28.6 Å². The summed E-state index contributed by atoms with van der Waals surface area (Å²) in [4.78, 5) is 26.7. The van der Waals surface area contributed by atoms with E-state index in [9.17, 15) is 14.7 Å². The number of anilines is 1. The van der Waals surface area contributed by atoms with Crippen LogP contribution in [0.3, 0.4) is 0 Å². The van der Waals surface area contributed by atoms with Gasteiger partial charge in [-0.05, 0) is 31.0 Å². The number of aryl methyl sites for hydroxylation is 2. The first-order valence-electron chi connectivity index (χ1n) is 5.82. The Hall–Kier alpha value is -2.43. The zero-order valence-electron chi connectivity index (χ0n) is 10.9. The fourth-order valence-corrected chi connectivity index (χ4v) is 1.95. The number of carbonyl (C=O) groups excluding carboxylic acids is 1. The number of fused-ring (bicyclic) bond motifs is 1. The maximum atomic E-state index is 11.3. The molecular weight excluding hydrogens is 244 g/mol. The molecule has 0 fully saturated rings. The Kier molecular flexibility index (Phi) is 3.21. The Bertz CT molecular complexity index is 693. The summed E-state index contributed by atoms with van der Waals surface area (Å²) in [6.45, 7) is 5.17. The van der Waals surface area contributed by atoms with Gasteiger partial charge < -0.3 is 10.4 Å². The molecule has 0 saturated heterocycles. The Labute approximate surface area is 110 Å². The number of aromatic nitrogens is 1. The maximum absolute atomic E-state index is 11.3. The summed E-state index contributed by atoms with van der Waals surface area (Å²) in [6, 6.07) is 4.98. The van der Waals surface area contributed by atoms with Gasteiger partial charge in [0.1, 0.15) is 5.82 Å². The molecule has 1 heterocycles. The van der Waals surface area contributed by atoms with E-state index in [4.69, 9.17) is 0 Å². The van der Waals surface area contributed by atoms with Gasteiger partial charge >= 0.3 is 5.97 Å². The van der Waals surface area contributed by atoms with E-state index in [0.717, 1.165) is 11.1 Å². The topological polar surface area (TPSA) is 79.3 Å². The molecule has 1 amide bonds. The van der Waals surface area contributed by atoms with Crippen molar-refractivity contribution in [2.24, 2.45) is 0 Å². The number of nitrogens with zero attached hydrogens (tertiary/aromatic N) is 1. The van der Waals surface area contributed by atoms with Gasteiger partial charge in [0.2, 0.25) is 5.91 Å². The number of aromatic carboxylic acids is 1. The second kappa shape index (κ2) is 4.68. The van der Waals surface area contributed by atoms with Crippen molar-refractivity contribution < 1.29 is 14.7 Å². The van der Waals surface area contributed by atoms with E-state index in [1.165, 1.54) is 13.0 Å². The quantitative estimate of drug-likeness (QED) is 0.867. The second-order valence-electron chi connectivity index (χ2n) is 4.45. The lowest BCUT2D eigenvalue weighted by Gasteiger charge is -2.10. The highest BCUT2D eigenvalue weighted by molar-refractivity contribution is 6.05. The van der Waals surface area contributed by atoms with Crippen molar-refractivity contribution in [3.8, 4) is 0 Å². The molecule has 0 atom stereocenters. The van der Waals surface area contributed by atoms with Gasteiger partial charge in [0.25, 0.3) is 0 Å². The molecule has 0 aliphatic heterocycles. The van der Waals surface area contributed by atoms with Crippen molar-refractivity contribution in [3.05, 3.63) is 34.9 Å². The van der Waals surface area contributed by atoms with Crippen LogP contribution in [0.15, 0.2) is 18.2 Å². The summed E-state index contributed by atoms with van der Waals surface area (Å²) < 4.78 is 0. The highest BCUT2D eigenvalue weighted by Crippen LogP contribution is 2.25. The molecule has 5 nitrogen and oxygen atoms in total. The van der Waals surface area contributed by atoms with E-state index in [2.05, 4.69) is 10.3 Å². The van der Waals surface area contributed by atoms with Crippen molar-refractivity contribution in [3.63, 3.8) is 0 Å². The standard InChI is InChI=1S/C14H14N2O3/c1-7-4-5-10-11(14(18)19)6-12(15-9(3)17)16-13(10)8(7)2/h4-6H,1-3H3,(H,18,19)(H,15,16,17). The summed E-state index contributed by atoms with van der Waals surface area (Å²) in [5.41, 5.74) is 2.67. The van der Waals surface area contributed by atoms with Gasteiger partial charge in [0.15, 0.2) is 0 Å². The minimum atomic E-state index is -1.04. The normalized spacial score (nSPS) is 10.5. The highest BCUT2D eigenvalue weighted by Gasteiger charge is 2.14. The number of carboxylic acids is 1. The largest absolute Gasteiger partial charge is 0.478 e. The van der Waals surface area contributed by atoms with E-state index in [1.807, 2.05) is 19.9 Å².